The van der Waals surface area contributed by atoms with Crippen LogP contribution in [0, 0.1) is 5.92 Å². The lowest BCUT2D eigenvalue weighted by Gasteiger charge is -2.24. The van der Waals surface area contributed by atoms with E-state index >= 15 is 0 Å². The van der Waals surface area contributed by atoms with Crippen molar-refractivity contribution in [1.82, 2.24) is 5.32 Å². The lowest BCUT2D eigenvalue weighted by Crippen LogP contribution is -2.41. The van der Waals surface area contributed by atoms with E-state index in [0.29, 0.717) is 12.3 Å². The van der Waals surface area contributed by atoms with Gasteiger partial charge < -0.3 is 15.2 Å². The van der Waals surface area contributed by atoms with Crippen molar-refractivity contribution in [1.29, 1.82) is 0 Å². The van der Waals surface area contributed by atoms with Gasteiger partial charge in [-0.1, -0.05) is 32.9 Å². The Morgan fingerprint density at radius 2 is 1.90 bits per heavy atom. The number of rotatable bonds is 8. The molecule has 2 unspecified atom stereocenters. The molecule has 1 amide bonds. The molecule has 21 heavy (non-hydrogen) atoms. The van der Waals surface area contributed by atoms with E-state index in [1.807, 2.05) is 31.2 Å². The zero-order valence-electron chi connectivity index (χ0n) is 13.4. The second-order valence-corrected chi connectivity index (χ2v) is 5.61. The van der Waals surface area contributed by atoms with Gasteiger partial charge in [0.15, 0.2) is 0 Å². The Labute approximate surface area is 127 Å². The first-order valence-corrected chi connectivity index (χ1v) is 7.58. The predicted octanol–water partition coefficient (Wildman–Crippen LogP) is 2.71. The van der Waals surface area contributed by atoms with E-state index in [0.717, 1.165) is 17.7 Å². The Hall–Kier alpha value is -1.55. The summed E-state index contributed by atoms with van der Waals surface area (Å²) in [5.74, 6) is 0.939. The molecule has 4 nitrogen and oxygen atoms in total. The number of aliphatic hydroxyl groups excluding tert-OH is 1. The molecule has 1 aromatic rings. The number of hydrogen-bond acceptors (Lipinski definition) is 3. The van der Waals surface area contributed by atoms with Gasteiger partial charge in [0.1, 0.15) is 5.75 Å². The molecular weight excluding hydrogens is 266 g/mol. The van der Waals surface area contributed by atoms with Crippen LogP contribution in [0.15, 0.2) is 24.3 Å². The summed E-state index contributed by atoms with van der Waals surface area (Å²) in [5, 5.41) is 12.2. The van der Waals surface area contributed by atoms with Gasteiger partial charge in [-0.3, -0.25) is 4.79 Å². The number of aliphatic hydroxyl groups is 1. The van der Waals surface area contributed by atoms with Crippen LogP contribution >= 0.6 is 0 Å². The molecule has 1 aromatic carbocycles. The van der Waals surface area contributed by atoms with Crippen molar-refractivity contribution in [2.45, 2.75) is 45.6 Å². The minimum absolute atomic E-state index is 0.00907. The van der Waals surface area contributed by atoms with E-state index in [2.05, 4.69) is 19.2 Å². The van der Waals surface area contributed by atoms with Crippen LogP contribution in [0.2, 0.25) is 0 Å². The van der Waals surface area contributed by atoms with E-state index in [9.17, 15) is 4.79 Å². The third-order valence-corrected chi connectivity index (χ3v) is 3.82. The fourth-order valence-corrected chi connectivity index (χ4v) is 2.40. The first kappa shape index (κ1) is 17.5. The number of amides is 1. The van der Waals surface area contributed by atoms with Gasteiger partial charge in [-0.25, -0.2) is 0 Å². The van der Waals surface area contributed by atoms with Crippen molar-refractivity contribution in [3.05, 3.63) is 29.8 Å². The van der Waals surface area contributed by atoms with Crippen LogP contribution in [0.25, 0.3) is 0 Å². The van der Waals surface area contributed by atoms with Crippen LogP contribution in [0.3, 0.4) is 0 Å². The van der Waals surface area contributed by atoms with Crippen molar-refractivity contribution in [3.63, 3.8) is 0 Å². The Morgan fingerprint density at radius 1 is 1.29 bits per heavy atom. The lowest BCUT2D eigenvalue weighted by atomic mass is 9.93. The molecule has 4 heteroatoms. The van der Waals surface area contributed by atoms with E-state index in [1.165, 1.54) is 0 Å². The van der Waals surface area contributed by atoms with Gasteiger partial charge in [-0.2, -0.15) is 0 Å². The molecule has 0 radical (unpaired) electrons. The smallest absolute Gasteiger partial charge is 0.227 e. The standard InChI is InChI=1S/C17H27NO3/c1-5-15(13-6-8-14(21-4)9-7-13)17(20)18-16(10-11-19)12(2)3/h6-9,12,15-16,19H,5,10-11H2,1-4H3,(H,18,20). The zero-order chi connectivity index (χ0) is 15.8. The maximum atomic E-state index is 12.5. The minimum Gasteiger partial charge on any atom is -0.497 e. The zero-order valence-corrected chi connectivity index (χ0v) is 13.4. The average Bonchev–Trinajstić information content (AvgIpc) is 2.48. The summed E-state index contributed by atoms with van der Waals surface area (Å²) in [5.41, 5.74) is 0.988. The number of benzene rings is 1. The van der Waals surface area contributed by atoms with Gasteiger partial charge in [-0.15, -0.1) is 0 Å². The van der Waals surface area contributed by atoms with Crippen LogP contribution in [0.4, 0.5) is 0 Å². The number of methoxy groups -OCH3 is 1. The molecule has 0 aliphatic carbocycles. The van der Waals surface area contributed by atoms with E-state index < -0.39 is 0 Å². The average molecular weight is 293 g/mol. The number of nitrogens with one attached hydrogen (secondary N) is 1. The monoisotopic (exact) mass is 293 g/mol. The molecule has 0 spiro atoms. The molecule has 118 valence electrons. The molecule has 0 bridgehead atoms. The molecule has 0 aliphatic heterocycles. The largest absolute Gasteiger partial charge is 0.497 e. The highest BCUT2D eigenvalue weighted by Crippen LogP contribution is 2.23. The third-order valence-electron chi connectivity index (χ3n) is 3.82. The maximum absolute atomic E-state index is 12.5. The first-order valence-electron chi connectivity index (χ1n) is 7.58. The molecule has 0 saturated heterocycles. The summed E-state index contributed by atoms with van der Waals surface area (Å²) < 4.78 is 5.14. The van der Waals surface area contributed by atoms with Gasteiger partial charge in [0.2, 0.25) is 5.91 Å². The van der Waals surface area contributed by atoms with Crippen LogP contribution in [-0.4, -0.2) is 30.8 Å². The highest BCUT2D eigenvalue weighted by Gasteiger charge is 2.23. The number of carbonyl (C=O) groups is 1. The van der Waals surface area contributed by atoms with Gasteiger partial charge in [0.25, 0.3) is 0 Å². The van der Waals surface area contributed by atoms with Gasteiger partial charge in [-0.05, 0) is 36.5 Å². The molecular formula is C17H27NO3. The number of carbonyl (C=O) groups excluding carboxylic acids is 1. The number of hydrogen-bond donors (Lipinski definition) is 2. The summed E-state index contributed by atoms with van der Waals surface area (Å²) in [7, 11) is 1.63. The first-order chi connectivity index (χ1) is 10.0. The summed E-state index contributed by atoms with van der Waals surface area (Å²) >= 11 is 0. The molecule has 1 rings (SSSR count). The van der Waals surface area contributed by atoms with Crippen molar-refractivity contribution in [3.8, 4) is 5.75 Å². The predicted molar refractivity (Wildman–Crippen MR) is 84.5 cm³/mol. The van der Waals surface area contributed by atoms with Crippen molar-refractivity contribution >= 4 is 5.91 Å². The SMILES string of the molecule is CCC(C(=O)NC(CCO)C(C)C)c1ccc(OC)cc1. The summed E-state index contributed by atoms with van der Waals surface area (Å²) in [6, 6.07) is 7.62. The highest BCUT2D eigenvalue weighted by atomic mass is 16.5. The molecule has 0 aliphatic rings. The molecule has 0 aromatic heterocycles. The van der Waals surface area contributed by atoms with Crippen molar-refractivity contribution in [2.24, 2.45) is 5.92 Å². The van der Waals surface area contributed by atoms with Crippen LogP contribution in [-0.2, 0) is 4.79 Å². The van der Waals surface area contributed by atoms with E-state index in [4.69, 9.17) is 9.84 Å². The molecule has 0 heterocycles. The molecule has 0 saturated carbocycles. The normalized spacial score (nSPS) is 13.8. The van der Waals surface area contributed by atoms with Crippen LogP contribution in [0.1, 0.15) is 45.1 Å². The highest BCUT2D eigenvalue weighted by molar-refractivity contribution is 5.83. The topological polar surface area (TPSA) is 58.6 Å². The molecule has 2 N–H and O–H groups in total. The summed E-state index contributed by atoms with van der Waals surface area (Å²) in [6.07, 6.45) is 1.32. The molecule has 0 fully saturated rings. The van der Waals surface area contributed by atoms with Gasteiger partial charge in [0.05, 0.1) is 13.0 Å². The fraction of sp³-hybridized carbons (Fsp3) is 0.588. The second kappa shape index (κ2) is 8.67. The Bertz CT molecular complexity index is 428. The summed E-state index contributed by atoms with van der Waals surface area (Å²) in [4.78, 5) is 12.5. The van der Waals surface area contributed by atoms with Crippen molar-refractivity contribution < 1.29 is 14.6 Å². The van der Waals surface area contributed by atoms with E-state index in [-0.39, 0.29) is 24.5 Å². The maximum Gasteiger partial charge on any atom is 0.227 e. The second-order valence-electron chi connectivity index (χ2n) is 5.61. The van der Waals surface area contributed by atoms with E-state index in [1.54, 1.807) is 7.11 Å². The lowest BCUT2D eigenvalue weighted by molar-refractivity contribution is -0.123. The van der Waals surface area contributed by atoms with Crippen LogP contribution in [0.5, 0.6) is 5.75 Å². The van der Waals surface area contributed by atoms with Gasteiger partial charge >= 0.3 is 0 Å². The quantitative estimate of drug-likeness (QED) is 0.775. The summed E-state index contributed by atoms with van der Waals surface area (Å²) in [6.45, 7) is 6.19. The van der Waals surface area contributed by atoms with Gasteiger partial charge in [0, 0.05) is 12.6 Å². The fourth-order valence-electron chi connectivity index (χ4n) is 2.40. The van der Waals surface area contributed by atoms with Crippen LogP contribution < -0.4 is 10.1 Å². The minimum atomic E-state index is -0.171. The Kier molecular flexibility index (Phi) is 7.23. The molecule has 2 atom stereocenters. The number of ether oxygens (including phenoxy) is 1. The third kappa shape index (κ3) is 5.05. The Balaban J connectivity index is 2.79. The Morgan fingerprint density at radius 3 is 2.33 bits per heavy atom. The van der Waals surface area contributed by atoms with Crippen molar-refractivity contribution in [2.75, 3.05) is 13.7 Å².